The van der Waals surface area contributed by atoms with Crippen molar-refractivity contribution in [3.05, 3.63) is 35.4 Å². The zero-order valence-corrected chi connectivity index (χ0v) is 12.7. The topological polar surface area (TPSA) is 23.6 Å². The Kier molecular flexibility index (Phi) is 4.71. The minimum absolute atomic E-state index is 0.0246. The number of carbonyl (C=O) groups is 1. The van der Waals surface area contributed by atoms with Gasteiger partial charge < -0.3 is 4.90 Å². The maximum Gasteiger partial charge on any atom is 0.256 e. The molecule has 120 valence electrons. The Bertz CT molecular complexity index is 543. The fourth-order valence-corrected chi connectivity index (χ4v) is 3.54. The molecule has 22 heavy (non-hydrogen) atoms. The van der Waals surface area contributed by atoms with Crippen LogP contribution in [-0.2, 0) is 0 Å². The van der Waals surface area contributed by atoms with Crippen molar-refractivity contribution in [2.75, 3.05) is 26.2 Å². The molecule has 5 heteroatoms. The molecule has 3 nitrogen and oxygen atoms in total. The first kappa shape index (κ1) is 15.4. The van der Waals surface area contributed by atoms with Gasteiger partial charge in [0.15, 0.2) is 0 Å². The molecular formula is C17H22F2N2O. The summed E-state index contributed by atoms with van der Waals surface area (Å²) in [5.41, 5.74) is -0.0246. The van der Waals surface area contributed by atoms with Gasteiger partial charge >= 0.3 is 0 Å². The van der Waals surface area contributed by atoms with Crippen LogP contribution in [0.15, 0.2) is 18.2 Å². The third-order valence-electron chi connectivity index (χ3n) is 4.75. The molecule has 0 saturated carbocycles. The summed E-state index contributed by atoms with van der Waals surface area (Å²) in [6, 6.07) is 3.55. The van der Waals surface area contributed by atoms with Gasteiger partial charge in [-0.05, 0) is 50.9 Å². The number of halogens is 2. The van der Waals surface area contributed by atoms with Crippen LogP contribution < -0.4 is 0 Å². The predicted octanol–water partition coefficient (Wildman–Crippen LogP) is 3.06. The SMILES string of the molecule is O=C(c1ccc(F)cc1F)N1CCCC[C@@H](N2CCCC2)C1. The van der Waals surface area contributed by atoms with Gasteiger partial charge in [-0.15, -0.1) is 0 Å². The van der Waals surface area contributed by atoms with Crippen molar-refractivity contribution in [3.63, 3.8) is 0 Å². The first-order valence-electron chi connectivity index (χ1n) is 8.13. The molecule has 1 atom stereocenters. The van der Waals surface area contributed by atoms with E-state index < -0.39 is 11.6 Å². The van der Waals surface area contributed by atoms with E-state index in [4.69, 9.17) is 0 Å². The van der Waals surface area contributed by atoms with Gasteiger partial charge in [0.05, 0.1) is 5.56 Å². The standard InChI is InChI=1S/C17H22F2N2O/c18-13-6-7-15(16(19)11-13)17(22)21-10-2-1-5-14(12-21)20-8-3-4-9-20/h6-7,11,14H,1-5,8-10,12H2/t14-/m1/s1. The van der Waals surface area contributed by atoms with Crippen LogP contribution in [0.2, 0.25) is 0 Å². The number of hydrogen-bond acceptors (Lipinski definition) is 2. The van der Waals surface area contributed by atoms with E-state index >= 15 is 0 Å². The molecule has 3 rings (SSSR count). The van der Waals surface area contributed by atoms with Crippen LogP contribution in [0.5, 0.6) is 0 Å². The van der Waals surface area contributed by atoms with Crippen LogP contribution in [0, 0.1) is 11.6 Å². The molecule has 1 aromatic carbocycles. The Morgan fingerprint density at radius 1 is 1.05 bits per heavy atom. The smallest absolute Gasteiger partial charge is 0.256 e. The van der Waals surface area contributed by atoms with Crippen molar-refractivity contribution in [3.8, 4) is 0 Å². The third kappa shape index (κ3) is 3.29. The summed E-state index contributed by atoms with van der Waals surface area (Å²) >= 11 is 0. The summed E-state index contributed by atoms with van der Waals surface area (Å²) < 4.78 is 26.9. The average molecular weight is 308 g/mol. The molecule has 1 amide bonds. The van der Waals surface area contributed by atoms with Crippen molar-refractivity contribution in [1.29, 1.82) is 0 Å². The van der Waals surface area contributed by atoms with Crippen LogP contribution in [0.1, 0.15) is 42.5 Å². The fraction of sp³-hybridized carbons (Fsp3) is 0.588. The van der Waals surface area contributed by atoms with Crippen LogP contribution in [0.4, 0.5) is 8.78 Å². The molecule has 2 fully saturated rings. The highest BCUT2D eigenvalue weighted by Gasteiger charge is 2.29. The lowest BCUT2D eigenvalue weighted by Crippen LogP contribution is -2.44. The normalized spacial score (nSPS) is 23.5. The van der Waals surface area contributed by atoms with Crippen molar-refractivity contribution < 1.29 is 13.6 Å². The maximum atomic E-state index is 13.9. The molecule has 1 aromatic rings. The highest BCUT2D eigenvalue weighted by Crippen LogP contribution is 2.22. The number of likely N-dealkylation sites (tertiary alicyclic amines) is 2. The molecule has 0 aromatic heterocycles. The third-order valence-corrected chi connectivity index (χ3v) is 4.75. The summed E-state index contributed by atoms with van der Waals surface area (Å²) in [5.74, 6) is -1.74. The van der Waals surface area contributed by atoms with E-state index in [0.29, 0.717) is 19.1 Å². The molecule has 2 aliphatic rings. The lowest BCUT2D eigenvalue weighted by atomic mass is 10.1. The quantitative estimate of drug-likeness (QED) is 0.838. The highest BCUT2D eigenvalue weighted by atomic mass is 19.1. The zero-order chi connectivity index (χ0) is 15.5. The van der Waals surface area contributed by atoms with Gasteiger partial charge in [-0.1, -0.05) is 6.42 Å². The molecule has 0 unspecified atom stereocenters. The first-order chi connectivity index (χ1) is 10.6. The van der Waals surface area contributed by atoms with Gasteiger partial charge in [0.2, 0.25) is 0 Å². The van der Waals surface area contributed by atoms with Crippen LogP contribution in [-0.4, -0.2) is 47.9 Å². The van der Waals surface area contributed by atoms with Crippen molar-refractivity contribution in [2.24, 2.45) is 0 Å². The number of hydrogen-bond donors (Lipinski definition) is 0. The Labute approximate surface area is 129 Å². The van der Waals surface area contributed by atoms with E-state index in [-0.39, 0.29) is 11.5 Å². The summed E-state index contributed by atoms with van der Waals surface area (Å²) in [6.45, 7) is 3.49. The summed E-state index contributed by atoms with van der Waals surface area (Å²) in [7, 11) is 0. The van der Waals surface area contributed by atoms with E-state index in [0.717, 1.165) is 44.5 Å². The summed E-state index contributed by atoms with van der Waals surface area (Å²) in [5, 5.41) is 0. The van der Waals surface area contributed by atoms with E-state index in [1.165, 1.54) is 18.9 Å². The van der Waals surface area contributed by atoms with Crippen LogP contribution in [0.25, 0.3) is 0 Å². The molecule has 0 spiro atoms. The molecule has 0 radical (unpaired) electrons. The van der Waals surface area contributed by atoms with Gasteiger partial charge in [-0.25, -0.2) is 8.78 Å². The second kappa shape index (κ2) is 6.73. The Balaban J connectivity index is 1.75. The number of benzene rings is 1. The molecular weight excluding hydrogens is 286 g/mol. The molecule has 2 heterocycles. The molecule has 2 aliphatic heterocycles. The largest absolute Gasteiger partial charge is 0.337 e. The monoisotopic (exact) mass is 308 g/mol. The van der Waals surface area contributed by atoms with Gasteiger partial charge in [0, 0.05) is 25.2 Å². The molecule has 2 saturated heterocycles. The Morgan fingerprint density at radius 2 is 1.77 bits per heavy atom. The maximum absolute atomic E-state index is 13.9. The highest BCUT2D eigenvalue weighted by molar-refractivity contribution is 5.94. The number of amides is 1. The van der Waals surface area contributed by atoms with E-state index in [1.54, 1.807) is 4.90 Å². The molecule has 0 bridgehead atoms. The molecule has 0 N–H and O–H groups in total. The fourth-order valence-electron chi connectivity index (χ4n) is 3.54. The first-order valence-corrected chi connectivity index (χ1v) is 8.13. The van der Waals surface area contributed by atoms with E-state index in [2.05, 4.69) is 4.90 Å². The van der Waals surface area contributed by atoms with E-state index in [9.17, 15) is 13.6 Å². The number of carbonyl (C=O) groups excluding carboxylic acids is 1. The minimum atomic E-state index is -0.771. The number of rotatable bonds is 2. The van der Waals surface area contributed by atoms with Crippen molar-refractivity contribution >= 4 is 5.91 Å². The number of nitrogens with zero attached hydrogens (tertiary/aromatic N) is 2. The zero-order valence-electron chi connectivity index (χ0n) is 12.7. The predicted molar refractivity (Wildman–Crippen MR) is 80.7 cm³/mol. The molecule has 0 aliphatic carbocycles. The average Bonchev–Trinajstić information content (AvgIpc) is 2.91. The van der Waals surface area contributed by atoms with Gasteiger partial charge in [0.25, 0.3) is 5.91 Å². The van der Waals surface area contributed by atoms with Crippen molar-refractivity contribution in [2.45, 2.75) is 38.1 Å². The van der Waals surface area contributed by atoms with Gasteiger partial charge in [-0.2, -0.15) is 0 Å². The van der Waals surface area contributed by atoms with Crippen LogP contribution >= 0.6 is 0 Å². The van der Waals surface area contributed by atoms with Gasteiger partial charge in [-0.3, -0.25) is 9.69 Å². The lowest BCUT2D eigenvalue weighted by Gasteiger charge is -2.30. The van der Waals surface area contributed by atoms with Crippen molar-refractivity contribution in [1.82, 2.24) is 9.80 Å². The van der Waals surface area contributed by atoms with E-state index in [1.807, 2.05) is 0 Å². The van der Waals surface area contributed by atoms with Crippen LogP contribution in [0.3, 0.4) is 0 Å². The summed E-state index contributed by atoms with van der Waals surface area (Å²) in [4.78, 5) is 16.8. The summed E-state index contributed by atoms with van der Waals surface area (Å²) in [6.07, 6.45) is 5.57. The second-order valence-corrected chi connectivity index (χ2v) is 6.27. The minimum Gasteiger partial charge on any atom is -0.337 e. The Morgan fingerprint density at radius 3 is 2.50 bits per heavy atom. The Hall–Kier alpha value is -1.49. The lowest BCUT2D eigenvalue weighted by molar-refractivity contribution is 0.0709. The van der Waals surface area contributed by atoms with Gasteiger partial charge in [0.1, 0.15) is 11.6 Å². The second-order valence-electron chi connectivity index (χ2n) is 6.27.